The van der Waals surface area contributed by atoms with Gasteiger partial charge in [-0.1, -0.05) is 23.7 Å². The number of carbonyl (C=O) groups excluding carboxylic acids is 1. The van der Waals surface area contributed by atoms with Crippen molar-refractivity contribution in [3.63, 3.8) is 0 Å². The summed E-state index contributed by atoms with van der Waals surface area (Å²) in [5.74, 6) is -0.552. The van der Waals surface area contributed by atoms with Crippen LogP contribution in [0.4, 0.5) is 4.39 Å². The fourth-order valence-corrected chi connectivity index (χ4v) is 4.81. The maximum atomic E-state index is 13.0. The maximum Gasteiger partial charge on any atom is 0.242 e. The molecule has 0 unspecified atom stereocenters. The highest BCUT2D eigenvalue weighted by Gasteiger charge is 2.29. The monoisotopic (exact) mass is 439 g/mol. The summed E-state index contributed by atoms with van der Waals surface area (Å²) >= 11 is 5.70. The lowest BCUT2D eigenvalue weighted by Crippen LogP contribution is -2.41. The first-order valence-electron chi connectivity index (χ1n) is 9.44. The van der Waals surface area contributed by atoms with E-state index >= 15 is 0 Å². The lowest BCUT2D eigenvalue weighted by molar-refractivity contribution is -0.126. The molecule has 156 valence electrons. The lowest BCUT2D eigenvalue weighted by Gasteiger charge is -2.29. The number of sulfonamides is 1. The lowest BCUT2D eigenvalue weighted by atomic mass is 9.85. The van der Waals surface area contributed by atoms with Gasteiger partial charge in [-0.25, -0.2) is 22.5 Å². The zero-order valence-corrected chi connectivity index (χ0v) is 17.5. The number of pyridine rings is 1. The van der Waals surface area contributed by atoms with Crippen LogP contribution in [0, 0.1) is 11.7 Å². The Labute approximate surface area is 174 Å². The summed E-state index contributed by atoms with van der Waals surface area (Å²) in [7, 11) is -3.68. The van der Waals surface area contributed by atoms with Crippen LogP contribution in [0.5, 0.6) is 0 Å². The standard InChI is InChI=1S/C20H23ClFN3O3S/c1-13(14-2-6-16(22)7-3-14)24-20(26)15-4-8-17(9-5-15)25-29(27,28)18-10-11-19(21)23-12-18/h2-3,6-7,10-13,15,17,25H,4-5,8-9H2,1H3,(H,24,26)/t13-,15-,17-/m1/s1. The van der Waals surface area contributed by atoms with Crippen LogP contribution in [0.2, 0.25) is 5.15 Å². The van der Waals surface area contributed by atoms with Gasteiger partial charge in [-0.15, -0.1) is 0 Å². The molecular formula is C20H23ClFN3O3S. The first-order chi connectivity index (χ1) is 13.7. The van der Waals surface area contributed by atoms with Crippen LogP contribution < -0.4 is 10.0 Å². The molecule has 0 bridgehead atoms. The van der Waals surface area contributed by atoms with Crippen molar-refractivity contribution in [2.75, 3.05) is 0 Å². The molecule has 0 radical (unpaired) electrons. The van der Waals surface area contributed by atoms with E-state index < -0.39 is 10.0 Å². The van der Waals surface area contributed by atoms with Crippen LogP contribution in [-0.2, 0) is 14.8 Å². The highest BCUT2D eigenvalue weighted by Crippen LogP contribution is 2.27. The Bertz CT molecular complexity index is 944. The molecule has 1 aromatic heterocycles. The molecule has 2 N–H and O–H groups in total. The number of halogens is 2. The first kappa shape index (κ1) is 21.7. The molecule has 9 heteroatoms. The molecule has 1 fully saturated rings. The molecule has 1 saturated carbocycles. The van der Waals surface area contributed by atoms with Crippen molar-refractivity contribution in [1.29, 1.82) is 0 Å². The summed E-state index contributed by atoms with van der Waals surface area (Å²) in [5.41, 5.74) is 0.831. The zero-order chi connectivity index (χ0) is 21.0. The summed E-state index contributed by atoms with van der Waals surface area (Å²) in [5, 5.41) is 3.19. The van der Waals surface area contributed by atoms with Crippen LogP contribution >= 0.6 is 11.6 Å². The zero-order valence-electron chi connectivity index (χ0n) is 15.9. The third-order valence-electron chi connectivity index (χ3n) is 5.16. The highest BCUT2D eigenvalue weighted by atomic mass is 35.5. The Morgan fingerprint density at radius 1 is 1.14 bits per heavy atom. The van der Waals surface area contributed by atoms with E-state index in [4.69, 9.17) is 11.6 Å². The van der Waals surface area contributed by atoms with Gasteiger partial charge in [-0.3, -0.25) is 4.79 Å². The highest BCUT2D eigenvalue weighted by molar-refractivity contribution is 7.89. The van der Waals surface area contributed by atoms with Gasteiger partial charge in [-0.05, 0) is 62.4 Å². The number of nitrogens with one attached hydrogen (secondary N) is 2. The van der Waals surface area contributed by atoms with E-state index in [1.165, 1.54) is 30.5 Å². The fourth-order valence-electron chi connectivity index (χ4n) is 3.45. The molecule has 1 aliphatic rings. The molecule has 1 amide bonds. The van der Waals surface area contributed by atoms with Gasteiger partial charge in [0.25, 0.3) is 0 Å². The van der Waals surface area contributed by atoms with Crippen LogP contribution in [-0.4, -0.2) is 25.4 Å². The van der Waals surface area contributed by atoms with Crippen LogP contribution in [0.25, 0.3) is 0 Å². The predicted octanol–water partition coefficient (Wildman–Crippen LogP) is 3.59. The van der Waals surface area contributed by atoms with E-state index in [1.54, 1.807) is 12.1 Å². The Balaban J connectivity index is 1.51. The van der Waals surface area contributed by atoms with E-state index in [1.807, 2.05) is 6.92 Å². The Hall–Kier alpha value is -2.03. The SMILES string of the molecule is C[C@@H](NC(=O)[C@H]1CC[C@H](NS(=O)(=O)c2ccc(Cl)nc2)CC1)c1ccc(F)cc1. The molecule has 6 nitrogen and oxygen atoms in total. The quantitative estimate of drug-likeness (QED) is 0.673. The van der Waals surface area contributed by atoms with Gasteiger partial charge in [0, 0.05) is 18.2 Å². The number of nitrogens with zero attached hydrogens (tertiary/aromatic N) is 1. The number of carbonyl (C=O) groups is 1. The number of amides is 1. The number of hydrogen-bond acceptors (Lipinski definition) is 4. The van der Waals surface area contributed by atoms with Gasteiger partial charge < -0.3 is 5.32 Å². The number of hydrogen-bond donors (Lipinski definition) is 2. The normalized spacial score (nSPS) is 20.8. The summed E-state index contributed by atoms with van der Waals surface area (Å²) in [6.07, 6.45) is 3.55. The van der Waals surface area contributed by atoms with Crippen LogP contribution in [0.15, 0.2) is 47.5 Å². The summed E-state index contributed by atoms with van der Waals surface area (Å²) < 4.78 is 40.6. The largest absolute Gasteiger partial charge is 0.349 e. The molecule has 2 aromatic rings. The van der Waals surface area contributed by atoms with E-state index in [-0.39, 0.29) is 39.8 Å². The molecule has 0 aliphatic heterocycles. The van der Waals surface area contributed by atoms with Gasteiger partial charge >= 0.3 is 0 Å². The molecule has 1 atom stereocenters. The first-order valence-corrected chi connectivity index (χ1v) is 11.3. The smallest absolute Gasteiger partial charge is 0.242 e. The number of rotatable bonds is 6. The van der Waals surface area contributed by atoms with Crippen LogP contribution in [0.3, 0.4) is 0 Å². The van der Waals surface area contributed by atoms with Gasteiger partial charge in [0.05, 0.1) is 6.04 Å². The topological polar surface area (TPSA) is 88.2 Å². The Morgan fingerprint density at radius 2 is 1.79 bits per heavy atom. The summed E-state index contributed by atoms with van der Waals surface area (Å²) in [6, 6.07) is 8.42. The Morgan fingerprint density at radius 3 is 2.38 bits per heavy atom. The minimum Gasteiger partial charge on any atom is -0.349 e. The molecule has 0 spiro atoms. The third-order valence-corrected chi connectivity index (χ3v) is 6.89. The van der Waals surface area contributed by atoms with Crippen molar-refractivity contribution >= 4 is 27.5 Å². The van der Waals surface area contributed by atoms with E-state index in [0.717, 1.165) is 5.56 Å². The van der Waals surface area contributed by atoms with Gasteiger partial charge in [0.15, 0.2) is 0 Å². The van der Waals surface area contributed by atoms with Crippen molar-refractivity contribution in [3.8, 4) is 0 Å². The fraction of sp³-hybridized carbons (Fsp3) is 0.400. The van der Waals surface area contributed by atoms with Crippen molar-refractivity contribution in [2.45, 2.75) is 49.6 Å². The van der Waals surface area contributed by atoms with Crippen molar-refractivity contribution in [3.05, 3.63) is 59.1 Å². The third kappa shape index (κ3) is 5.74. The average molecular weight is 440 g/mol. The second kappa shape index (κ2) is 9.19. The molecular weight excluding hydrogens is 417 g/mol. The number of benzene rings is 1. The van der Waals surface area contributed by atoms with Gasteiger partial charge in [-0.2, -0.15) is 0 Å². The Kier molecular flexibility index (Phi) is 6.87. The second-order valence-electron chi connectivity index (χ2n) is 7.27. The second-order valence-corrected chi connectivity index (χ2v) is 9.37. The van der Waals surface area contributed by atoms with Gasteiger partial charge in [0.1, 0.15) is 15.9 Å². The van der Waals surface area contributed by atoms with Crippen molar-refractivity contribution < 1.29 is 17.6 Å². The molecule has 29 heavy (non-hydrogen) atoms. The van der Waals surface area contributed by atoms with Crippen molar-refractivity contribution in [1.82, 2.24) is 15.0 Å². The molecule has 1 aromatic carbocycles. The van der Waals surface area contributed by atoms with Gasteiger partial charge in [0.2, 0.25) is 15.9 Å². The minimum atomic E-state index is -3.68. The maximum absolute atomic E-state index is 13.0. The van der Waals surface area contributed by atoms with Crippen LogP contribution in [0.1, 0.15) is 44.2 Å². The average Bonchev–Trinajstić information content (AvgIpc) is 2.69. The van der Waals surface area contributed by atoms with Crippen molar-refractivity contribution in [2.24, 2.45) is 5.92 Å². The molecule has 0 saturated heterocycles. The van der Waals surface area contributed by atoms with E-state index in [2.05, 4.69) is 15.0 Å². The molecule has 1 heterocycles. The number of aromatic nitrogens is 1. The summed E-state index contributed by atoms with van der Waals surface area (Å²) in [4.78, 5) is 16.4. The molecule has 3 rings (SSSR count). The minimum absolute atomic E-state index is 0.0647. The summed E-state index contributed by atoms with van der Waals surface area (Å²) in [6.45, 7) is 1.85. The van der Waals surface area contributed by atoms with E-state index in [0.29, 0.717) is 25.7 Å². The predicted molar refractivity (Wildman–Crippen MR) is 108 cm³/mol. The molecule has 1 aliphatic carbocycles. The van der Waals surface area contributed by atoms with E-state index in [9.17, 15) is 17.6 Å².